The van der Waals surface area contributed by atoms with Gasteiger partial charge in [-0.3, -0.25) is 9.59 Å². The summed E-state index contributed by atoms with van der Waals surface area (Å²) in [5, 5.41) is 2.87. The van der Waals surface area contributed by atoms with Gasteiger partial charge in [-0.05, 0) is 25.0 Å². The molecule has 7 nitrogen and oxygen atoms in total. The molecule has 1 N–H and O–H groups in total. The largest absolute Gasteiger partial charge is 0.495 e. The Labute approximate surface area is 160 Å². The van der Waals surface area contributed by atoms with E-state index in [1.807, 2.05) is 29.2 Å². The predicted molar refractivity (Wildman–Crippen MR) is 103 cm³/mol. The topological polar surface area (TPSA) is 71.1 Å². The zero-order chi connectivity index (χ0) is 19.1. The van der Waals surface area contributed by atoms with Gasteiger partial charge >= 0.3 is 0 Å². The Morgan fingerprint density at radius 3 is 2.67 bits per heavy atom. The van der Waals surface area contributed by atoms with Crippen LogP contribution in [0.3, 0.4) is 0 Å². The lowest BCUT2D eigenvalue weighted by Crippen LogP contribution is -2.49. The summed E-state index contributed by atoms with van der Waals surface area (Å²) in [6.45, 7) is 4.17. The molecule has 1 atom stereocenters. The van der Waals surface area contributed by atoms with Crippen molar-refractivity contribution in [1.82, 2.24) is 10.2 Å². The van der Waals surface area contributed by atoms with Gasteiger partial charge in [-0.1, -0.05) is 12.1 Å². The number of carbonyl (C=O) groups is 2. The smallest absolute Gasteiger partial charge is 0.223 e. The molecule has 7 heteroatoms. The number of hydrogen-bond donors (Lipinski definition) is 1. The van der Waals surface area contributed by atoms with Crippen molar-refractivity contribution in [3.8, 4) is 5.75 Å². The molecule has 2 aliphatic rings. The molecule has 0 radical (unpaired) electrons. The zero-order valence-corrected chi connectivity index (χ0v) is 16.0. The average Bonchev–Trinajstić information content (AvgIpc) is 3.24. The number of methoxy groups -OCH3 is 1. The second kappa shape index (κ2) is 9.60. The fourth-order valence-corrected chi connectivity index (χ4v) is 3.59. The molecule has 0 saturated carbocycles. The van der Waals surface area contributed by atoms with Gasteiger partial charge in [0.1, 0.15) is 5.75 Å². The molecule has 2 fully saturated rings. The quantitative estimate of drug-likeness (QED) is 0.780. The van der Waals surface area contributed by atoms with Gasteiger partial charge in [0, 0.05) is 52.2 Å². The van der Waals surface area contributed by atoms with Gasteiger partial charge in [0.05, 0.1) is 18.9 Å². The van der Waals surface area contributed by atoms with Crippen molar-refractivity contribution in [2.45, 2.75) is 31.8 Å². The Kier molecular flexibility index (Phi) is 6.92. The molecule has 3 rings (SSSR count). The highest BCUT2D eigenvalue weighted by atomic mass is 16.5. The minimum Gasteiger partial charge on any atom is -0.495 e. The van der Waals surface area contributed by atoms with Gasteiger partial charge in [-0.15, -0.1) is 0 Å². The minimum atomic E-state index is -0.0773. The van der Waals surface area contributed by atoms with E-state index in [2.05, 4.69) is 10.2 Å². The van der Waals surface area contributed by atoms with Crippen LogP contribution in [0.25, 0.3) is 0 Å². The fourth-order valence-electron chi connectivity index (χ4n) is 3.59. The highest BCUT2D eigenvalue weighted by Crippen LogP contribution is 2.28. The van der Waals surface area contributed by atoms with E-state index in [1.165, 1.54) is 0 Å². The second-order valence-corrected chi connectivity index (χ2v) is 6.98. The summed E-state index contributed by atoms with van der Waals surface area (Å²) < 4.78 is 10.9. The highest BCUT2D eigenvalue weighted by Gasteiger charge is 2.23. The lowest BCUT2D eigenvalue weighted by molar-refractivity contribution is -0.133. The zero-order valence-electron chi connectivity index (χ0n) is 16.0. The molecule has 2 aliphatic heterocycles. The predicted octanol–water partition coefficient (Wildman–Crippen LogP) is 1.42. The number of ether oxygens (including phenoxy) is 2. The van der Waals surface area contributed by atoms with Crippen LogP contribution in [0.5, 0.6) is 5.75 Å². The van der Waals surface area contributed by atoms with E-state index < -0.39 is 0 Å². The number of carbonyl (C=O) groups excluding carboxylic acids is 2. The molecule has 0 aromatic heterocycles. The summed E-state index contributed by atoms with van der Waals surface area (Å²) in [6, 6.07) is 7.92. The number of para-hydroxylation sites is 2. The first-order valence-corrected chi connectivity index (χ1v) is 9.71. The van der Waals surface area contributed by atoms with Crippen LogP contribution in [0, 0.1) is 0 Å². The van der Waals surface area contributed by atoms with Crippen LogP contribution in [0.4, 0.5) is 5.69 Å². The van der Waals surface area contributed by atoms with E-state index in [4.69, 9.17) is 9.47 Å². The maximum atomic E-state index is 12.4. The summed E-state index contributed by atoms with van der Waals surface area (Å²) >= 11 is 0. The number of amides is 2. The summed E-state index contributed by atoms with van der Waals surface area (Å²) in [5.41, 5.74) is 1.06. The summed E-state index contributed by atoms with van der Waals surface area (Å²) in [7, 11) is 1.67. The Morgan fingerprint density at radius 2 is 1.96 bits per heavy atom. The van der Waals surface area contributed by atoms with E-state index >= 15 is 0 Å². The summed E-state index contributed by atoms with van der Waals surface area (Å²) in [5.74, 6) is 0.814. The van der Waals surface area contributed by atoms with E-state index in [0.717, 1.165) is 44.0 Å². The van der Waals surface area contributed by atoms with Crippen molar-refractivity contribution in [3.05, 3.63) is 24.3 Å². The van der Waals surface area contributed by atoms with E-state index in [-0.39, 0.29) is 30.8 Å². The Morgan fingerprint density at radius 1 is 1.19 bits per heavy atom. The van der Waals surface area contributed by atoms with Crippen LogP contribution in [-0.4, -0.2) is 69.3 Å². The molecule has 2 saturated heterocycles. The van der Waals surface area contributed by atoms with Crippen molar-refractivity contribution in [2.75, 3.05) is 51.3 Å². The van der Waals surface area contributed by atoms with Crippen molar-refractivity contribution < 1.29 is 19.1 Å². The van der Waals surface area contributed by atoms with Gasteiger partial charge < -0.3 is 24.6 Å². The van der Waals surface area contributed by atoms with Crippen molar-refractivity contribution >= 4 is 17.5 Å². The van der Waals surface area contributed by atoms with Gasteiger partial charge in [0.25, 0.3) is 0 Å². The first-order chi connectivity index (χ1) is 13.2. The van der Waals surface area contributed by atoms with Crippen molar-refractivity contribution in [3.63, 3.8) is 0 Å². The highest BCUT2D eigenvalue weighted by molar-refractivity contribution is 5.84. The third kappa shape index (κ3) is 5.35. The number of nitrogens with one attached hydrogen (secondary N) is 1. The second-order valence-electron chi connectivity index (χ2n) is 6.98. The number of benzene rings is 1. The third-order valence-electron chi connectivity index (χ3n) is 5.18. The van der Waals surface area contributed by atoms with E-state index in [0.29, 0.717) is 19.6 Å². The molecule has 1 aromatic rings. The van der Waals surface area contributed by atoms with Gasteiger partial charge in [0.2, 0.25) is 11.8 Å². The first-order valence-electron chi connectivity index (χ1n) is 9.71. The van der Waals surface area contributed by atoms with Crippen LogP contribution in [0.15, 0.2) is 24.3 Å². The molecule has 27 heavy (non-hydrogen) atoms. The number of nitrogens with zero attached hydrogens (tertiary/aromatic N) is 2. The molecule has 2 amide bonds. The lowest BCUT2D eigenvalue weighted by Gasteiger charge is -2.36. The monoisotopic (exact) mass is 375 g/mol. The summed E-state index contributed by atoms with van der Waals surface area (Å²) in [6.07, 6.45) is 2.67. The van der Waals surface area contributed by atoms with Gasteiger partial charge in [-0.2, -0.15) is 0 Å². The normalized spacial score (nSPS) is 19.8. The molecular weight excluding hydrogens is 346 g/mol. The molecule has 0 unspecified atom stereocenters. The molecule has 0 aliphatic carbocycles. The minimum absolute atomic E-state index is 0.0435. The molecular formula is C20H29N3O4. The molecule has 0 spiro atoms. The standard InChI is InChI=1S/C20H29N3O4/c1-26-18-7-3-2-6-17(18)22-10-12-23(13-11-22)20(25)9-8-19(24)21-15-16-5-4-14-27-16/h2-3,6-7,16H,4-5,8-15H2,1H3,(H,21,24)/t16-/m1/s1. The van der Waals surface area contributed by atoms with Crippen LogP contribution >= 0.6 is 0 Å². The summed E-state index contributed by atoms with van der Waals surface area (Å²) in [4.78, 5) is 28.4. The maximum Gasteiger partial charge on any atom is 0.223 e. The maximum absolute atomic E-state index is 12.4. The van der Waals surface area contributed by atoms with Crippen LogP contribution in [0.1, 0.15) is 25.7 Å². The SMILES string of the molecule is COc1ccccc1N1CCN(C(=O)CCC(=O)NC[C@H]2CCCO2)CC1. The molecule has 1 aromatic carbocycles. The Bertz CT molecular complexity index is 638. The van der Waals surface area contributed by atoms with Crippen molar-refractivity contribution in [1.29, 1.82) is 0 Å². The molecule has 2 heterocycles. The van der Waals surface area contributed by atoms with E-state index in [9.17, 15) is 9.59 Å². The van der Waals surface area contributed by atoms with Crippen LogP contribution < -0.4 is 15.0 Å². The van der Waals surface area contributed by atoms with Crippen LogP contribution in [-0.2, 0) is 14.3 Å². The Hall–Kier alpha value is -2.28. The fraction of sp³-hybridized carbons (Fsp3) is 0.600. The average molecular weight is 375 g/mol. The lowest BCUT2D eigenvalue weighted by atomic mass is 10.2. The van der Waals surface area contributed by atoms with E-state index in [1.54, 1.807) is 7.11 Å². The number of anilines is 1. The number of rotatable bonds is 7. The molecule has 148 valence electrons. The third-order valence-corrected chi connectivity index (χ3v) is 5.18. The number of hydrogen-bond acceptors (Lipinski definition) is 5. The van der Waals surface area contributed by atoms with Crippen molar-refractivity contribution in [2.24, 2.45) is 0 Å². The Balaban J connectivity index is 1.38. The number of piperazine rings is 1. The first kappa shape index (κ1) is 19.5. The van der Waals surface area contributed by atoms with Crippen LogP contribution in [0.2, 0.25) is 0 Å². The van der Waals surface area contributed by atoms with Gasteiger partial charge in [-0.25, -0.2) is 0 Å². The van der Waals surface area contributed by atoms with Gasteiger partial charge in [0.15, 0.2) is 0 Å². The molecule has 0 bridgehead atoms.